The summed E-state index contributed by atoms with van der Waals surface area (Å²) in [6, 6.07) is 7.13. The average molecular weight is 352 g/mol. The van der Waals surface area contributed by atoms with Gasteiger partial charge >= 0.3 is 0 Å². The molecule has 0 unspecified atom stereocenters. The quantitative estimate of drug-likeness (QED) is 0.650. The number of benzene rings is 2. The number of nitro groups is 2. The molecule has 0 saturated heterocycles. The predicted molar refractivity (Wildman–Crippen MR) is 85.7 cm³/mol. The van der Waals surface area contributed by atoms with Crippen LogP contribution in [-0.2, 0) is 0 Å². The topological polar surface area (TPSA) is 125 Å². The van der Waals surface area contributed by atoms with E-state index >= 15 is 0 Å². The second-order valence-corrected chi connectivity index (χ2v) is 4.96. The summed E-state index contributed by atoms with van der Waals surface area (Å²) < 4.78 is 4.94. The lowest BCUT2D eigenvalue weighted by molar-refractivity contribution is -0.385. The predicted octanol–water partition coefficient (Wildman–Crippen LogP) is 3.42. The van der Waals surface area contributed by atoms with Crippen molar-refractivity contribution in [3.8, 4) is 5.75 Å². The van der Waals surface area contributed by atoms with Crippen molar-refractivity contribution in [2.45, 2.75) is 0 Å². The molecule has 2 aromatic carbocycles. The van der Waals surface area contributed by atoms with Gasteiger partial charge in [0.15, 0.2) is 0 Å². The molecule has 1 N–H and O–H groups in total. The highest BCUT2D eigenvalue weighted by molar-refractivity contribution is 6.34. The Balaban J connectivity index is 2.31. The maximum absolute atomic E-state index is 12.2. The number of nitro benzene ring substituents is 2. The summed E-state index contributed by atoms with van der Waals surface area (Å²) in [5, 5.41) is 23.9. The van der Waals surface area contributed by atoms with Gasteiger partial charge in [0, 0.05) is 24.3 Å². The zero-order chi connectivity index (χ0) is 17.9. The van der Waals surface area contributed by atoms with Gasteiger partial charge in [0.1, 0.15) is 5.75 Å². The number of hydrogen-bond acceptors (Lipinski definition) is 6. The summed E-state index contributed by atoms with van der Waals surface area (Å²) in [4.78, 5) is 32.5. The summed E-state index contributed by atoms with van der Waals surface area (Å²) in [6.45, 7) is 0. The highest BCUT2D eigenvalue weighted by atomic mass is 35.5. The lowest BCUT2D eigenvalue weighted by Gasteiger charge is -2.08. The molecule has 0 aliphatic heterocycles. The second kappa shape index (κ2) is 6.92. The minimum Gasteiger partial charge on any atom is -0.496 e. The van der Waals surface area contributed by atoms with Crippen LogP contribution >= 0.6 is 11.6 Å². The summed E-state index contributed by atoms with van der Waals surface area (Å²) in [7, 11) is 1.33. The lowest BCUT2D eigenvalue weighted by atomic mass is 10.2. The van der Waals surface area contributed by atoms with Gasteiger partial charge in [-0.05, 0) is 6.07 Å². The molecule has 2 rings (SSSR count). The van der Waals surface area contributed by atoms with Crippen molar-refractivity contribution in [1.29, 1.82) is 0 Å². The van der Waals surface area contributed by atoms with E-state index in [4.69, 9.17) is 16.3 Å². The van der Waals surface area contributed by atoms with E-state index < -0.39 is 15.8 Å². The van der Waals surface area contributed by atoms with Crippen LogP contribution in [0.3, 0.4) is 0 Å². The van der Waals surface area contributed by atoms with Gasteiger partial charge in [-0.15, -0.1) is 0 Å². The van der Waals surface area contributed by atoms with E-state index in [9.17, 15) is 25.0 Å². The molecular formula is C14H10ClN3O6. The molecule has 24 heavy (non-hydrogen) atoms. The van der Waals surface area contributed by atoms with Crippen LogP contribution in [0.5, 0.6) is 5.75 Å². The molecule has 124 valence electrons. The smallest absolute Gasteiger partial charge is 0.275 e. The molecule has 0 atom stereocenters. The van der Waals surface area contributed by atoms with Gasteiger partial charge in [0.25, 0.3) is 17.3 Å². The van der Waals surface area contributed by atoms with Crippen molar-refractivity contribution in [3.05, 3.63) is 67.2 Å². The van der Waals surface area contributed by atoms with Gasteiger partial charge in [-0.2, -0.15) is 0 Å². The monoisotopic (exact) mass is 351 g/mol. The number of carbonyl (C=O) groups excluding carboxylic acids is 1. The first kappa shape index (κ1) is 17.2. The third-order valence-corrected chi connectivity index (χ3v) is 3.32. The molecule has 1 amide bonds. The molecule has 0 aromatic heterocycles. The average Bonchev–Trinajstić information content (AvgIpc) is 2.53. The maximum atomic E-state index is 12.2. The van der Waals surface area contributed by atoms with Gasteiger partial charge in [0.05, 0.1) is 39.3 Å². The number of nitrogens with one attached hydrogen (secondary N) is 1. The minimum atomic E-state index is -0.669. The largest absolute Gasteiger partial charge is 0.496 e. The Kier molecular flexibility index (Phi) is 4.95. The number of carbonyl (C=O) groups is 1. The van der Waals surface area contributed by atoms with Crippen LogP contribution in [0.15, 0.2) is 36.4 Å². The van der Waals surface area contributed by atoms with E-state index in [2.05, 4.69) is 5.32 Å². The summed E-state index contributed by atoms with van der Waals surface area (Å²) >= 11 is 5.88. The molecule has 0 saturated carbocycles. The number of anilines is 1. The van der Waals surface area contributed by atoms with Gasteiger partial charge < -0.3 is 10.1 Å². The number of rotatable bonds is 5. The number of halogens is 1. The summed E-state index contributed by atoms with van der Waals surface area (Å²) in [5.74, 6) is -0.480. The number of non-ortho nitro benzene ring substituents is 2. The molecule has 0 radical (unpaired) electrons. The molecule has 2 aromatic rings. The Bertz CT molecular complexity index is 839. The molecule has 0 aliphatic carbocycles. The molecule has 0 spiro atoms. The first-order valence-corrected chi connectivity index (χ1v) is 6.78. The Labute approximate surface area is 140 Å². The molecule has 0 heterocycles. The van der Waals surface area contributed by atoms with Crippen LogP contribution in [0.2, 0.25) is 5.02 Å². The lowest BCUT2D eigenvalue weighted by Crippen LogP contribution is -2.13. The number of methoxy groups -OCH3 is 1. The van der Waals surface area contributed by atoms with Crippen molar-refractivity contribution in [2.24, 2.45) is 0 Å². The third-order valence-electron chi connectivity index (χ3n) is 3.00. The van der Waals surface area contributed by atoms with E-state index in [0.717, 1.165) is 18.2 Å². The van der Waals surface area contributed by atoms with Crippen molar-refractivity contribution in [3.63, 3.8) is 0 Å². The van der Waals surface area contributed by atoms with Crippen LogP contribution in [-0.4, -0.2) is 22.9 Å². The van der Waals surface area contributed by atoms with E-state index in [1.807, 2.05) is 0 Å². The zero-order valence-corrected chi connectivity index (χ0v) is 12.9. The van der Waals surface area contributed by atoms with Crippen molar-refractivity contribution >= 4 is 34.6 Å². The SMILES string of the molecule is COc1cc(NC(=O)c2ccc([N+](=O)[O-])cc2Cl)cc([N+](=O)[O-])c1. The molecule has 0 aliphatic rings. The molecule has 0 fully saturated rings. The minimum absolute atomic E-state index is 0.00672. The number of hydrogen-bond donors (Lipinski definition) is 1. The second-order valence-electron chi connectivity index (χ2n) is 4.55. The highest BCUT2D eigenvalue weighted by Gasteiger charge is 2.17. The third kappa shape index (κ3) is 3.76. The standard InChI is InChI=1S/C14H10ClN3O6/c1-24-11-5-8(4-10(6-11)18(22)23)16-14(19)12-3-2-9(17(20)21)7-13(12)15/h2-7H,1H3,(H,16,19). The fourth-order valence-electron chi connectivity index (χ4n) is 1.88. The number of ether oxygens (including phenoxy) is 1. The van der Waals surface area contributed by atoms with E-state index in [0.29, 0.717) is 0 Å². The summed E-state index contributed by atoms with van der Waals surface area (Å²) in [6.07, 6.45) is 0. The first-order chi connectivity index (χ1) is 11.3. The summed E-state index contributed by atoms with van der Waals surface area (Å²) in [5.41, 5.74) is -0.402. The fourth-order valence-corrected chi connectivity index (χ4v) is 2.14. The normalized spacial score (nSPS) is 10.1. The van der Waals surface area contributed by atoms with E-state index in [-0.39, 0.29) is 33.4 Å². The van der Waals surface area contributed by atoms with Crippen molar-refractivity contribution < 1.29 is 19.4 Å². The maximum Gasteiger partial charge on any atom is 0.275 e. The van der Waals surface area contributed by atoms with Gasteiger partial charge in [0.2, 0.25) is 0 Å². The first-order valence-electron chi connectivity index (χ1n) is 6.40. The van der Waals surface area contributed by atoms with Gasteiger partial charge in [-0.25, -0.2) is 0 Å². The highest BCUT2D eigenvalue weighted by Crippen LogP contribution is 2.27. The number of amides is 1. The zero-order valence-electron chi connectivity index (χ0n) is 12.2. The number of nitrogens with zero attached hydrogens (tertiary/aromatic N) is 2. The molecular weight excluding hydrogens is 342 g/mol. The Hall–Kier alpha value is -3.20. The van der Waals surface area contributed by atoms with Crippen LogP contribution < -0.4 is 10.1 Å². The van der Waals surface area contributed by atoms with Crippen LogP contribution in [0, 0.1) is 20.2 Å². The molecule has 9 nitrogen and oxygen atoms in total. The van der Waals surface area contributed by atoms with Gasteiger partial charge in [-0.1, -0.05) is 11.6 Å². The van der Waals surface area contributed by atoms with E-state index in [1.54, 1.807) is 0 Å². The van der Waals surface area contributed by atoms with Crippen LogP contribution in [0.1, 0.15) is 10.4 Å². The van der Waals surface area contributed by atoms with Crippen molar-refractivity contribution in [2.75, 3.05) is 12.4 Å². The fraction of sp³-hybridized carbons (Fsp3) is 0.0714. The van der Waals surface area contributed by atoms with Crippen LogP contribution in [0.4, 0.5) is 17.1 Å². The van der Waals surface area contributed by atoms with Crippen molar-refractivity contribution in [1.82, 2.24) is 0 Å². The van der Waals surface area contributed by atoms with Crippen LogP contribution in [0.25, 0.3) is 0 Å². The molecule has 10 heteroatoms. The Morgan fingerprint density at radius 2 is 1.75 bits per heavy atom. The Morgan fingerprint density at radius 3 is 2.29 bits per heavy atom. The van der Waals surface area contributed by atoms with Gasteiger partial charge in [-0.3, -0.25) is 25.0 Å². The van der Waals surface area contributed by atoms with E-state index in [1.165, 1.54) is 25.3 Å². The molecule has 0 bridgehead atoms. The Morgan fingerprint density at radius 1 is 1.08 bits per heavy atom.